The van der Waals surface area contributed by atoms with Crippen LogP contribution in [-0.2, 0) is 4.79 Å². The molecule has 17 heavy (non-hydrogen) atoms. The van der Waals surface area contributed by atoms with E-state index < -0.39 is 17.9 Å². The van der Waals surface area contributed by atoms with Crippen molar-refractivity contribution in [3.05, 3.63) is 42.7 Å². The molecular weight excluding hydrogens is 220 g/mol. The first-order chi connectivity index (χ1) is 8.15. The van der Waals surface area contributed by atoms with Crippen LogP contribution < -0.4 is 5.32 Å². The highest BCUT2D eigenvalue weighted by Gasteiger charge is 2.19. The minimum absolute atomic E-state index is 0.329. The summed E-state index contributed by atoms with van der Waals surface area (Å²) < 4.78 is 0. The molecule has 0 saturated heterocycles. The van der Waals surface area contributed by atoms with Crippen molar-refractivity contribution in [1.29, 1.82) is 0 Å². The van der Waals surface area contributed by atoms with Gasteiger partial charge in [-0.1, -0.05) is 6.08 Å². The molecule has 1 amide bonds. The maximum Gasteiger partial charge on any atom is 0.326 e. The molecule has 1 aromatic heterocycles. The lowest BCUT2D eigenvalue weighted by Crippen LogP contribution is -2.40. The van der Waals surface area contributed by atoms with Crippen LogP contribution in [0.2, 0.25) is 0 Å². The quantitative estimate of drug-likeness (QED) is 0.725. The molecule has 0 saturated carbocycles. The number of carboxylic acids is 1. The zero-order valence-electron chi connectivity index (χ0n) is 9.30. The molecule has 0 aliphatic carbocycles. The van der Waals surface area contributed by atoms with Crippen molar-refractivity contribution in [2.75, 3.05) is 0 Å². The highest BCUT2D eigenvalue weighted by atomic mass is 16.4. The second kappa shape index (κ2) is 6.42. The number of nitrogens with one attached hydrogen (secondary N) is 1. The number of hydrogen-bond donors (Lipinski definition) is 2. The minimum atomic E-state index is -1.05. The van der Waals surface area contributed by atoms with Crippen LogP contribution in [0.3, 0.4) is 0 Å². The van der Waals surface area contributed by atoms with E-state index in [1.165, 1.54) is 24.5 Å². The van der Waals surface area contributed by atoms with E-state index in [-0.39, 0.29) is 0 Å². The summed E-state index contributed by atoms with van der Waals surface area (Å²) in [6.45, 7) is 3.52. The van der Waals surface area contributed by atoms with Gasteiger partial charge in [0.15, 0.2) is 0 Å². The molecule has 0 unspecified atom stereocenters. The summed E-state index contributed by atoms with van der Waals surface area (Å²) >= 11 is 0. The van der Waals surface area contributed by atoms with Crippen LogP contribution in [0.5, 0.6) is 0 Å². The number of aromatic nitrogens is 1. The number of carbonyl (C=O) groups is 2. The molecular formula is C12H14N2O3. The van der Waals surface area contributed by atoms with E-state index in [1.807, 2.05) is 0 Å². The van der Waals surface area contributed by atoms with Gasteiger partial charge in [-0.2, -0.15) is 0 Å². The van der Waals surface area contributed by atoms with Gasteiger partial charge >= 0.3 is 5.97 Å². The van der Waals surface area contributed by atoms with Crippen LogP contribution in [0.25, 0.3) is 0 Å². The predicted octanol–water partition coefficient (Wildman–Crippen LogP) is 1.23. The van der Waals surface area contributed by atoms with Gasteiger partial charge in [0, 0.05) is 18.0 Å². The summed E-state index contributed by atoms with van der Waals surface area (Å²) in [5.74, 6) is -1.46. The van der Waals surface area contributed by atoms with E-state index >= 15 is 0 Å². The van der Waals surface area contributed by atoms with E-state index in [1.54, 1.807) is 6.08 Å². The van der Waals surface area contributed by atoms with Crippen LogP contribution in [0.15, 0.2) is 37.2 Å². The highest BCUT2D eigenvalue weighted by Crippen LogP contribution is 2.02. The largest absolute Gasteiger partial charge is 0.480 e. The monoisotopic (exact) mass is 234 g/mol. The van der Waals surface area contributed by atoms with Crippen molar-refractivity contribution >= 4 is 11.9 Å². The molecule has 0 aliphatic heterocycles. The zero-order valence-corrected chi connectivity index (χ0v) is 9.30. The SMILES string of the molecule is C=CCC[C@@H](NC(=O)c1ccncc1)C(=O)O. The lowest BCUT2D eigenvalue weighted by Gasteiger charge is -2.13. The molecule has 0 radical (unpaired) electrons. The summed E-state index contributed by atoms with van der Waals surface area (Å²) in [7, 11) is 0. The molecule has 90 valence electrons. The second-order valence-electron chi connectivity index (χ2n) is 3.47. The maximum atomic E-state index is 11.7. The topological polar surface area (TPSA) is 79.3 Å². The van der Waals surface area contributed by atoms with Gasteiger partial charge in [-0.3, -0.25) is 9.78 Å². The van der Waals surface area contributed by atoms with Crippen LogP contribution in [-0.4, -0.2) is 28.0 Å². The van der Waals surface area contributed by atoms with E-state index in [0.29, 0.717) is 18.4 Å². The molecule has 0 aliphatic rings. The number of carboxylic acid groups (broad SMARTS) is 1. The number of hydrogen-bond acceptors (Lipinski definition) is 3. The molecule has 1 aromatic rings. The third-order valence-corrected chi connectivity index (χ3v) is 2.21. The number of nitrogens with zero attached hydrogens (tertiary/aromatic N) is 1. The number of carbonyl (C=O) groups excluding carboxylic acids is 1. The molecule has 5 nitrogen and oxygen atoms in total. The molecule has 5 heteroatoms. The highest BCUT2D eigenvalue weighted by molar-refractivity contribution is 5.96. The summed E-state index contributed by atoms with van der Waals surface area (Å²) in [5.41, 5.74) is 0.393. The Balaban J connectivity index is 2.64. The Morgan fingerprint density at radius 2 is 2.12 bits per heavy atom. The Morgan fingerprint density at radius 1 is 1.47 bits per heavy atom. The van der Waals surface area contributed by atoms with Crippen molar-refractivity contribution in [3.8, 4) is 0 Å². The number of rotatable bonds is 6. The summed E-state index contributed by atoms with van der Waals surface area (Å²) in [5, 5.41) is 11.4. The fourth-order valence-electron chi connectivity index (χ4n) is 1.29. The van der Waals surface area contributed by atoms with Gasteiger partial charge in [-0.15, -0.1) is 6.58 Å². The van der Waals surface area contributed by atoms with Gasteiger partial charge in [0.1, 0.15) is 6.04 Å². The number of allylic oxidation sites excluding steroid dienone is 1. The summed E-state index contributed by atoms with van der Waals surface area (Å²) in [4.78, 5) is 26.4. The van der Waals surface area contributed by atoms with Gasteiger partial charge in [0.2, 0.25) is 0 Å². The molecule has 0 bridgehead atoms. The van der Waals surface area contributed by atoms with Crippen molar-refractivity contribution < 1.29 is 14.7 Å². The Kier molecular flexibility index (Phi) is 4.87. The average molecular weight is 234 g/mol. The van der Waals surface area contributed by atoms with E-state index in [2.05, 4.69) is 16.9 Å². The lowest BCUT2D eigenvalue weighted by atomic mass is 10.1. The first-order valence-electron chi connectivity index (χ1n) is 5.19. The number of aliphatic carboxylic acids is 1. The van der Waals surface area contributed by atoms with Gasteiger partial charge in [-0.05, 0) is 25.0 Å². The van der Waals surface area contributed by atoms with Crippen molar-refractivity contribution in [1.82, 2.24) is 10.3 Å². The number of pyridine rings is 1. The first-order valence-corrected chi connectivity index (χ1v) is 5.19. The summed E-state index contributed by atoms with van der Waals surface area (Å²) in [6.07, 6.45) is 5.45. The second-order valence-corrected chi connectivity index (χ2v) is 3.47. The Hall–Kier alpha value is -2.17. The average Bonchev–Trinajstić information content (AvgIpc) is 2.35. The van der Waals surface area contributed by atoms with Crippen molar-refractivity contribution in [3.63, 3.8) is 0 Å². The van der Waals surface area contributed by atoms with E-state index in [0.717, 1.165) is 0 Å². The lowest BCUT2D eigenvalue weighted by molar-refractivity contribution is -0.139. The molecule has 1 heterocycles. The normalized spacial score (nSPS) is 11.5. The molecule has 1 atom stereocenters. The molecule has 0 spiro atoms. The van der Waals surface area contributed by atoms with Gasteiger partial charge in [0.25, 0.3) is 5.91 Å². The van der Waals surface area contributed by atoms with Crippen molar-refractivity contribution in [2.24, 2.45) is 0 Å². The van der Waals surface area contributed by atoms with Crippen LogP contribution in [0.4, 0.5) is 0 Å². The van der Waals surface area contributed by atoms with E-state index in [9.17, 15) is 9.59 Å². The smallest absolute Gasteiger partial charge is 0.326 e. The Labute approximate surface area is 99.2 Å². The maximum absolute atomic E-state index is 11.7. The summed E-state index contributed by atoms with van der Waals surface area (Å²) in [6, 6.07) is 2.16. The third kappa shape index (κ3) is 4.06. The number of amides is 1. The fourth-order valence-corrected chi connectivity index (χ4v) is 1.29. The Morgan fingerprint density at radius 3 is 2.65 bits per heavy atom. The molecule has 0 aromatic carbocycles. The third-order valence-electron chi connectivity index (χ3n) is 2.21. The van der Waals surface area contributed by atoms with Gasteiger partial charge in [-0.25, -0.2) is 4.79 Å². The zero-order chi connectivity index (χ0) is 12.7. The minimum Gasteiger partial charge on any atom is -0.480 e. The first kappa shape index (κ1) is 12.9. The fraction of sp³-hybridized carbons (Fsp3) is 0.250. The van der Waals surface area contributed by atoms with Gasteiger partial charge in [0.05, 0.1) is 0 Å². The standard InChI is InChI=1S/C12H14N2O3/c1-2-3-4-10(12(16)17)14-11(15)9-5-7-13-8-6-9/h2,5-8,10H,1,3-4H2,(H,14,15)(H,16,17)/t10-/m1/s1. The Bertz CT molecular complexity index is 403. The predicted molar refractivity (Wildman–Crippen MR) is 62.6 cm³/mol. The molecule has 2 N–H and O–H groups in total. The van der Waals surface area contributed by atoms with Crippen LogP contribution in [0.1, 0.15) is 23.2 Å². The van der Waals surface area contributed by atoms with Crippen LogP contribution >= 0.6 is 0 Å². The van der Waals surface area contributed by atoms with Gasteiger partial charge < -0.3 is 10.4 Å². The van der Waals surface area contributed by atoms with Crippen LogP contribution in [0, 0.1) is 0 Å². The molecule has 0 fully saturated rings. The van der Waals surface area contributed by atoms with Crippen molar-refractivity contribution in [2.45, 2.75) is 18.9 Å². The van der Waals surface area contributed by atoms with E-state index in [4.69, 9.17) is 5.11 Å². The molecule has 1 rings (SSSR count).